The van der Waals surface area contributed by atoms with Crippen LogP contribution in [0.1, 0.15) is 5.56 Å². The van der Waals surface area contributed by atoms with Crippen LogP contribution in [0.4, 0.5) is 11.4 Å². The van der Waals surface area contributed by atoms with E-state index in [0.29, 0.717) is 11.4 Å². The molecule has 0 aliphatic rings. The molecule has 2 rings (SSSR count). The number of hydrogen-bond donors (Lipinski definition) is 2. The van der Waals surface area contributed by atoms with Gasteiger partial charge in [0.15, 0.2) is 6.61 Å². The lowest BCUT2D eigenvalue weighted by molar-refractivity contribution is -0.118. The molecule has 0 radical (unpaired) electrons. The first-order chi connectivity index (χ1) is 9.54. The Labute approximate surface area is 126 Å². The van der Waals surface area contributed by atoms with Gasteiger partial charge in [-0.3, -0.25) is 4.79 Å². The van der Waals surface area contributed by atoms with Crippen molar-refractivity contribution in [2.24, 2.45) is 0 Å². The fraction of sp³-hybridized carbons (Fsp3) is 0.133. The van der Waals surface area contributed by atoms with Gasteiger partial charge in [-0.15, -0.1) is 0 Å². The minimum absolute atomic E-state index is 0.0570. The Morgan fingerprint density at radius 2 is 2.10 bits per heavy atom. The number of benzene rings is 2. The van der Waals surface area contributed by atoms with E-state index in [9.17, 15) is 4.79 Å². The highest BCUT2D eigenvalue weighted by atomic mass is 79.9. The summed E-state index contributed by atoms with van der Waals surface area (Å²) in [5.74, 6) is 0.362. The van der Waals surface area contributed by atoms with E-state index in [2.05, 4.69) is 21.2 Å². The van der Waals surface area contributed by atoms with E-state index >= 15 is 0 Å². The number of halogens is 1. The van der Waals surface area contributed by atoms with Gasteiger partial charge in [-0.1, -0.05) is 22.0 Å². The lowest BCUT2D eigenvalue weighted by atomic mass is 10.2. The minimum Gasteiger partial charge on any atom is -0.484 e. The van der Waals surface area contributed by atoms with Crippen LogP contribution in [-0.2, 0) is 4.79 Å². The van der Waals surface area contributed by atoms with E-state index in [1.165, 1.54) is 0 Å². The third-order valence-electron chi connectivity index (χ3n) is 2.67. The highest BCUT2D eigenvalue weighted by Gasteiger charge is 2.05. The molecule has 1 amide bonds. The van der Waals surface area contributed by atoms with Crippen molar-refractivity contribution < 1.29 is 9.53 Å². The van der Waals surface area contributed by atoms with Crippen LogP contribution < -0.4 is 15.8 Å². The molecule has 20 heavy (non-hydrogen) atoms. The second kappa shape index (κ2) is 6.43. The predicted molar refractivity (Wildman–Crippen MR) is 83.9 cm³/mol. The second-order valence-corrected chi connectivity index (χ2v) is 5.23. The molecular formula is C15H15BrN2O2. The monoisotopic (exact) mass is 334 g/mol. The summed E-state index contributed by atoms with van der Waals surface area (Å²) in [7, 11) is 0. The number of amides is 1. The minimum atomic E-state index is -0.214. The summed E-state index contributed by atoms with van der Waals surface area (Å²) >= 11 is 3.41. The molecule has 0 spiro atoms. The molecule has 0 unspecified atom stereocenters. The summed E-state index contributed by atoms with van der Waals surface area (Å²) in [6.07, 6.45) is 0. The average Bonchev–Trinajstić information content (AvgIpc) is 2.41. The second-order valence-electron chi connectivity index (χ2n) is 4.37. The zero-order valence-corrected chi connectivity index (χ0v) is 12.6. The van der Waals surface area contributed by atoms with Crippen LogP contribution in [0.5, 0.6) is 5.75 Å². The summed E-state index contributed by atoms with van der Waals surface area (Å²) < 4.78 is 6.38. The zero-order chi connectivity index (χ0) is 14.5. The number of ether oxygens (including phenoxy) is 1. The van der Waals surface area contributed by atoms with Gasteiger partial charge in [-0.25, -0.2) is 0 Å². The largest absolute Gasteiger partial charge is 0.484 e. The Balaban J connectivity index is 1.91. The number of nitrogens with one attached hydrogen (secondary N) is 1. The molecule has 0 heterocycles. The predicted octanol–water partition coefficient (Wildman–Crippen LogP) is 3.36. The van der Waals surface area contributed by atoms with E-state index in [4.69, 9.17) is 10.5 Å². The van der Waals surface area contributed by atoms with Crippen molar-refractivity contribution in [1.82, 2.24) is 0 Å². The summed E-state index contributed by atoms with van der Waals surface area (Å²) in [5, 5.41) is 2.78. The van der Waals surface area contributed by atoms with Crippen molar-refractivity contribution in [1.29, 1.82) is 0 Å². The molecule has 0 bridgehead atoms. The number of nitrogens with two attached hydrogens (primary N) is 1. The normalized spacial score (nSPS) is 10.1. The lowest BCUT2D eigenvalue weighted by Crippen LogP contribution is -2.20. The topological polar surface area (TPSA) is 64.3 Å². The van der Waals surface area contributed by atoms with Crippen LogP contribution in [0.15, 0.2) is 46.9 Å². The van der Waals surface area contributed by atoms with E-state index in [-0.39, 0.29) is 12.5 Å². The number of carbonyl (C=O) groups is 1. The standard InChI is InChI=1S/C15H15BrN2O2/c1-10-7-12(5-6-14(10)16)18-15(19)9-20-13-4-2-3-11(17)8-13/h2-8H,9,17H2,1H3,(H,18,19). The van der Waals surface area contributed by atoms with Crippen molar-refractivity contribution in [3.8, 4) is 5.75 Å². The molecule has 0 aromatic heterocycles. The molecule has 4 nitrogen and oxygen atoms in total. The third kappa shape index (κ3) is 3.99. The first-order valence-corrected chi connectivity index (χ1v) is 6.88. The number of carbonyl (C=O) groups excluding carboxylic acids is 1. The maximum absolute atomic E-state index is 11.8. The third-order valence-corrected chi connectivity index (χ3v) is 3.56. The van der Waals surface area contributed by atoms with Gasteiger partial charge >= 0.3 is 0 Å². The van der Waals surface area contributed by atoms with Gasteiger partial charge in [-0.05, 0) is 42.8 Å². The molecule has 5 heteroatoms. The number of hydrogen-bond acceptors (Lipinski definition) is 3. The Morgan fingerprint density at radius 1 is 1.30 bits per heavy atom. The van der Waals surface area contributed by atoms with Gasteiger partial charge in [0, 0.05) is 21.9 Å². The van der Waals surface area contributed by atoms with E-state index in [1.54, 1.807) is 24.3 Å². The first kappa shape index (κ1) is 14.4. The maximum Gasteiger partial charge on any atom is 0.262 e. The first-order valence-electron chi connectivity index (χ1n) is 6.09. The number of anilines is 2. The molecule has 104 valence electrons. The molecule has 2 aromatic rings. The van der Waals surface area contributed by atoms with Crippen LogP contribution in [0.2, 0.25) is 0 Å². The molecule has 0 saturated carbocycles. The quantitative estimate of drug-likeness (QED) is 0.842. The van der Waals surface area contributed by atoms with Gasteiger partial charge < -0.3 is 15.8 Å². The van der Waals surface area contributed by atoms with Crippen LogP contribution in [0.3, 0.4) is 0 Å². The van der Waals surface area contributed by atoms with Gasteiger partial charge in [0.1, 0.15) is 5.75 Å². The van der Waals surface area contributed by atoms with E-state index in [1.807, 2.05) is 25.1 Å². The number of nitrogen functional groups attached to an aromatic ring is 1. The summed E-state index contributed by atoms with van der Waals surface area (Å²) in [6.45, 7) is 1.90. The van der Waals surface area contributed by atoms with Crippen molar-refractivity contribution in [2.45, 2.75) is 6.92 Å². The summed E-state index contributed by atoms with van der Waals surface area (Å²) in [5.41, 5.74) is 8.04. The van der Waals surface area contributed by atoms with E-state index in [0.717, 1.165) is 15.7 Å². The fourth-order valence-corrected chi connectivity index (χ4v) is 1.92. The van der Waals surface area contributed by atoms with Crippen molar-refractivity contribution >= 4 is 33.2 Å². The zero-order valence-electron chi connectivity index (χ0n) is 11.0. The molecule has 0 aliphatic heterocycles. The van der Waals surface area contributed by atoms with Crippen LogP contribution in [0.25, 0.3) is 0 Å². The fourth-order valence-electron chi connectivity index (χ4n) is 1.67. The Hall–Kier alpha value is -2.01. The van der Waals surface area contributed by atoms with Crippen molar-refractivity contribution in [2.75, 3.05) is 17.7 Å². The summed E-state index contributed by atoms with van der Waals surface area (Å²) in [6, 6.07) is 12.6. The molecule has 0 fully saturated rings. The molecule has 3 N–H and O–H groups in total. The molecule has 2 aromatic carbocycles. The highest BCUT2D eigenvalue weighted by molar-refractivity contribution is 9.10. The van der Waals surface area contributed by atoms with Crippen LogP contribution in [0, 0.1) is 6.92 Å². The number of aryl methyl sites for hydroxylation is 1. The van der Waals surface area contributed by atoms with Gasteiger partial charge in [0.05, 0.1) is 0 Å². The Bertz CT molecular complexity index is 629. The highest BCUT2D eigenvalue weighted by Crippen LogP contribution is 2.20. The molecular weight excluding hydrogens is 320 g/mol. The van der Waals surface area contributed by atoms with Gasteiger partial charge in [-0.2, -0.15) is 0 Å². The molecule has 0 atom stereocenters. The Morgan fingerprint density at radius 3 is 2.80 bits per heavy atom. The van der Waals surface area contributed by atoms with Crippen LogP contribution in [-0.4, -0.2) is 12.5 Å². The smallest absolute Gasteiger partial charge is 0.262 e. The molecule has 0 aliphatic carbocycles. The lowest BCUT2D eigenvalue weighted by Gasteiger charge is -2.09. The summed E-state index contributed by atoms with van der Waals surface area (Å²) in [4.78, 5) is 11.8. The number of rotatable bonds is 4. The van der Waals surface area contributed by atoms with Crippen LogP contribution >= 0.6 is 15.9 Å². The SMILES string of the molecule is Cc1cc(NC(=O)COc2cccc(N)c2)ccc1Br. The van der Waals surface area contributed by atoms with Crippen molar-refractivity contribution in [3.63, 3.8) is 0 Å². The maximum atomic E-state index is 11.8. The Kier molecular flexibility index (Phi) is 4.63. The van der Waals surface area contributed by atoms with Gasteiger partial charge in [0.2, 0.25) is 0 Å². The molecule has 0 saturated heterocycles. The van der Waals surface area contributed by atoms with Gasteiger partial charge in [0.25, 0.3) is 5.91 Å². The average molecular weight is 335 g/mol. The van der Waals surface area contributed by atoms with E-state index < -0.39 is 0 Å². The van der Waals surface area contributed by atoms with Crippen molar-refractivity contribution in [3.05, 3.63) is 52.5 Å².